The summed E-state index contributed by atoms with van der Waals surface area (Å²) in [5.41, 5.74) is 1.04. The summed E-state index contributed by atoms with van der Waals surface area (Å²) >= 11 is 0. The molecule has 2 N–H and O–H groups in total. The summed E-state index contributed by atoms with van der Waals surface area (Å²) in [7, 11) is 3.10. The molecule has 152 valence electrons. The molecule has 0 spiro atoms. The largest absolute Gasteiger partial charge is 0.497 e. The van der Waals surface area contributed by atoms with E-state index in [1.165, 1.54) is 30.3 Å². The molecule has 8 heteroatoms. The smallest absolute Gasteiger partial charge is 0.293 e. The molecule has 8 nitrogen and oxygen atoms in total. The number of nitrogens with zero attached hydrogens (tertiary/aromatic N) is 1. The lowest BCUT2D eigenvalue weighted by atomic mass is 9.97. The minimum Gasteiger partial charge on any atom is -0.497 e. The van der Waals surface area contributed by atoms with E-state index in [1.54, 1.807) is 50.6 Å². The van der Waals surface area contributed by atoms with Crippen molar-refractivity contribution in [3.05, 3.63) is 93.5 Å². The minimum atomic E-state index is -0.565. The first-order valence-electron chi connectivity index (χ1n) is 9.00. The Bertz CT molecular complexity index is 1110. The molecule has 0 saturated heterocycles. The van der Waals surface area contributed by atoms with Gasteiger partial charge in [-0.2, -0.15) is 0 Å². The Morgan fingerprint density at radius 3 is 2.23 bits per heavy atom. The van der Waals surface area contributed by atoms with Crippen LogP contribution in [0.1, 0.15) is 26.3 Å². The average Bonchev–Trinajstić information content (AvgIpc) is 2.78. The molecule has 0 atom stereocenters. The molecule has 0 heterocycles. The monoisotopic (exact) mass is 405 g/mol. The highest BCUT2D eigenvalue weighted by Gasteiger charge is 2.21. The van der Waals surface area contributed by atoms with Gasteiger partial charge in [0, 0.05) is 29.9 Å². The third-order valence-corrected chi connectivity index (χ3v) is 4.49. The number of carbonyl (C=O) groups is 2. The predicted molar refractivity (Wildman–Crippen MR) is 113 cm³/mol. The molecule has 30 heavy (non-hydrogen) atoms. The van der Waals surface area contributed by atoms with Crippen molar-refractivity contribution in [1.82, 2.24) is 0 Å². The second-order valence-electron chi connectivity index (χ2n) is 6.30. The van der Waals surface area contributed by atoms with Crippen LogP contribution in [0.4, 0.5) is 17.1 Å². The first kappa shape index (κ1) is 20.5. The molecule has 0 aliphatic heterocycles. The first-order valence-corrected chi connectivity index (χ1v) is 9.00. The third-order valence-electron chi connectivity index (χ3n) is 4.49. The molecule has 0 saturated carbocycles. The third kappa shape index (κ3) is 4.27. The van der Waals surface area contributed by atoms with Crippen LogP contribution in [-0.2, 0) is 0 Å². The van der Waals surface area contributed by atoms with Gasteiger partial charge in [-0.1, -0.05) is 18.2 Å². The molecule has 0 fully saturated rings. The molecule has 0 aliphatic rings. The zero-order valence-electron chi connectivity index (χ0n) is 16.3. The number of ether oxygens (including phenoxy) is 1. The average molecular weight is 405 g/mol. The Balaban J connectivity index is 1.92. The topological polar surface area (TPSA) is 111 Å². The van der Waals surface area contributed by atoms with Crippen LogP contribution in [0.5, 0.6) is 5.75 Å². The predicted octanol–water partition coefficient (Wildman–Crippen LogP) is 4.13. The summed E-state index contributed by atoms with van der Waals surface area (Å²) in [5.74, 6) is -0.304. The van der Waals surface area contributed by atoms with Gasteiger partial charge in [0.2, 0.25) is 0 Å². The summed E-state index contributed by atoms with van der Waals surface area (Å²) in [5, 5.41) is 16.8. The lowest BCUT2D eigenvalue weighted by Crippen LogP contribution is -2.17. The molecule has 0 bridgehead atoms. The highest BCUT2D eigenvalue weighted by atomic mass is 16.6. The van der Waals surface area contributed by atoms with Crippen molar-refractivity contribution in [2.45, 2.75) is 0 Å². The zero-order chi connectivity index (χ0) is 21.7. The zero-order valence-corrected chi connectivity index (χ0v) is 16.3. The summed E-state index contributed by atoms with van der Waals surface area (Å²) in [6.07, 6.45) is 0. The van der Waals surface area contributed by atoms with Gasteiger partial charge in [-0.3, -0.25) is 19.7 Å². The fourth-order valence-electron chi connectivity index (χ4n) is 2.94. The quantitative estimate of drug-likeness (QED) is 0.347. The van der Waals surface area contributed by atoms with Crippen LogP contribution in [-0.4, -0.2) is 30.8 Å². The van der Waals surface area contributed by atoms with Crippen molar-refractivity contribution in [1.29, 1.82) is 0 Å². The molecule has 0 aromatic heterocycles. The van der Waals surface area contributed by atoms with Gasteiger partial charge in [0.1, 0.15) is 11.4 Å². The Morgan fingerprint density at radius 1 is 0.967 bits per heavy atom. The molecule has 3 aromatic carbocycles. The van der Waals surface area contributed by atoms with Gasteiger partial charge in [0.25, 0.3) is 11.6 Å². The van der Waals surface area contributed by atoms with Crippen LogP contribution < -0.4 is 15.4 Å². The summed E-state index contributed by atoms with van der Waals surface area (Å²) in [6.45, 7) is 0. The number of methoxy groups -OCH3 is 1. The standard InChI is InChI=1S/C22H19N3O5/c1-23-19-12-7-14(13-20(19)25(28)29)21(26)17-5-3-4-6-18(17)22(27)24-15-8-10-16(30-2)11-9-15/h3-13,23H,1-2H3,(H,24,27). The molecular formula is C22H19N3O5. The highest BCUT2D eigenvalue weighted by Crippen LogP contribution is 2.27. The van der Waals surface area contributed by atoms with Crippen LogP contribution in [0.2, 0.25) is 0 Å². The van der Waals surface area contributed by atoms with Crippen molar-refractivity contribution in [3.63, 3.8) is 0 Å². The van der Waals surface area contributed by atoms with Crippen LogP contribution in [0.25, 0.3) is 0 Å². The lowest BCUT2D eigenvalue weighted by molar-refractivity contribution is -0.384. The van der Waals surface area contributed by atoms with E-state index in [2.05, 4.69) is 10.6 Å². The molecule has 0 radical (unpaired) electrons. The van der Waals surface area contributed by atoms with E-state index in [4.69, 9.17) is 4.74 Å². The van der Waals surface area contributed by atoms with E-state index in [0.29, 0.717) is 17.1 Å². The number of nitro benzene ring substituents is 1. The fraction of sp³-hybridized carbons (Fsp3) is 0.0909. The fourth-order valence-corrected chi connectivity index (χ4v) is 2.94. The molecule has 3 aromatic rings. The maximum atomic E-state index is 13.0. The number of nitrogens with one attached hydrogen (secondary N) is 2. The molecule has 1 amide bonds. The molecule has 3 rings (SSSR count). The Hall–Kier alpha value is -4.20. The molecule has 0 aliphatic carbocycles. The van der Waals surface area contributed by atoms with Gasteiger partial charge in [-0.05, 0) is 42.5 Å². The number of hydrogen-bond donors (Lipinski definition) is 2. The van der Waals surface area contributed by atoms with E-state index in [-0.39, 0.29) is 22.4 Å². The summed E-state index contributed by atoms with van der Waals surface area (Å²) in [4.78, 5) is 36.6. The molecule has 0 unspecified atom stereocenters. The summed E-state index contributed by atoms with van der Waals surface area (Å²) < 4.78 is 5.09. The number of carbonyl (C=O) groups excluding carboxylic acids is 2. The Labute approximate surface area is 172 Å². The SMILES string of the molecule is CNc1ccc(C(=O)c2ccccc2C(=O)Nc2ccc(OC)cc2)cc1[N+](=O)[O-]. The maximum Gasteiger partial charge on any atom is 0.293 e. The van der Waals surface area contributed by atoms with Crippen molar-refractivity contribution in [3.8, 4) is 5.75 Å². The lowest BCUT2D eigenvalue weighted by Gasteiger charge is -2.11. The van der Waals surface area contributed by atoms with Crippen LogP contribution in [0.15, 0.2) is 66.7 Å². The van der Waals surface area contributed by atoms with E-state index < -0.39 is 16.6 Å². The van der Waals surface area contributed by atoms with Crippen LogP contribution in [0.3, 0.4) is 0 Å². The van der Waals surface area contributed by atoms with Gasteiger partial charge >= 0.3 is 0 Å². The summed E-state index contributed by atoms with van der Waals surface area (Å²) in [6, 6.07) is 17.2. The van der Waals surface area contributed by atoms with E-state index >= 15 is 0 Å². The van der Waals surface area contributed by atoms with E-state index in [1.807, 2.05) is 0 Å². The van der Waals surface area contributed by atoms with Crippen molar-refractivity contribution in [2.24, 2.45) is 0 Å². The molecular weight excluding hydrogens is 386 g/mol. The second-order valence-corrected chi connectivity index (χ2v) is 6.30. The van der Waals surface area contributed by atoms with Gasteiger partial charge in [-0.15, -0.1) is 0 Å². The number of amides is 1. The number of nitro groups is 1. The van der Waals surface area contributed by atoms with Crippen molar-refractivity contribution < 1.29 is 19.2 Å². The number of hydrogen-bond acceptors (Lipinski definition) is 6. The normalized spacial score (nSPS) is 10.2. The van der Waals surface area contributed by atoms with Crippen molar-refractivity contribution >= 4 is 28.8 Å². The van der Waals surface area contributed by atoms with Crippen molar-refractivity contribution in [2.75, 3.05) is 24.8 Å². The number of ketones is 1. The van der Waals surface area contributed by atoms with Crippen LogP contribution >= 0.6 is 0 Å². The first-order chi connectivity index (χ1) is 14.4. The Morgan fingerprint density at radius 2 is 1.63 bits per heavy atom. The Kier molecular flexibility index (Phi) is 6.07. The maximum absolute atomic E-state index is 13.0. The van der Waals surface area contributed by atoms with Gasteiger partial charge in [-0.25, -0.2) is 0 Å². The number of rotatable bonds is 7. The highest BCUT2D eigenvalue weighted by molar-refractivity contribution is 6.18. The van der Waals surface area contributed by atoms with E-state index in [0.717, 1.165) is 0 Å². The second kappa shape index (κ2) is 8.87. The van der Waals surface area contributed by atoms with E-state index in [9.17, 15) is 19.7 Å². The minimum absolute atomic E-state index is 0.116. The van der Waals surface area contributed by atoms with Gasteiger partial charge in [0.15, 0.2) is 5.78 Å². The van der Waals surface area contributed by atoms with Gasteiger partial charge < -0.3 is 15.4 Å². The van der Waals surface area contributed by atoms with Gasteiger partial charge in [0.05, 0.1) is 17.6 Å². The van der Waals surface area contributed by atoms with Crippen LogP contribution in [0, 0.1) is 10.1 Å². The number of anilines is 2. The number of benzene rings is 3.